The number of hydrogen-bond donors (Lipinski definition) is 3. The maximum Gasteiger partial charge on any atom is 0.322 e. The Morgan fingerprint density at radius 2 is 2.24 bits per heavy atom. The van der Waals surface area contributed by atoms with Crippen LogP contribution in [0.5, 0.6) is 0 Å². The van der Waals surface area contributed by atoms with Crippen LogP contribution in [0.25, 0.3) is 0 Å². The van der Waals surface area contributed by atoms with E-state index in [9.17, 15) is 4.79 Å². The second-order valence-corrected chi connectivity index (χ2v) is 5.20. The Bertz CT molecular complexity index is 567. The lowest BCUT2D eigenvalue weighted by molar-refractivity contribution is 0.0223. The summed E-state index contributed by atoms with van der Waals surface area (Å²) in [6.07, 6.45) is -0.622. The van der Waals surface area contributed by atoms with Crippen LogP contribution in [0.15, 0.2) is 23.4 Å². The molecule has 1 aliphatic heterocycles. The Kier molecular flexibility index (Phi) is 5.11. The highest BCUT2D eigenvalue weighted by Gasteiger charge is 2.27. The number of carbonyl (C=O) groups excluding carboxylic acids is 1. The minimum absolute atomic E-state index is 0.0676. The number of nitrogens with two attached hydrogens (primary N) is 1. The normalized spacial score (nSPS) is 19.4. The van der Waals surface area contributed by atoms with Gasteiger partial charge in [0.15, 0.2) is 5.84 Å². The summed E-state index contributed by atoms with van der Waals surface area (Å²) in [6.45, 7) is 0.904. The van der Waals surface area contributed by atoms with Gasteiger partial charge in [-0.05, 0) is 18.2 Å². The number of nitrogens with zero attached hydrogens (tertiary/aromatic N) is 2. The largest absolute Gasteiger partial charge is 0.409 e. The van der Waals surface area contributed by atoms with Gasteiger partial charge in [0.2, 0.25) is 0 Å². The monoisotopic (exact) mass is 332 g/mol. The predicted molar refractivity (Wildman–Crippen MR) is 80.2 cm³/mol. The fourth-order valence-electron chi connectivity index (χ4n) is 1.85. The smallest absolute Gasteiger partial charge is 0.322 e. The van der Waals surface area contributed by atoms with Crippen molar-refractivity contribution >= 4 is 40.8 Å². The number of carbonyl (C=O) groups is 1. The highest BCUT2D eigenvalue weighted by atomic mass is 35.5. The molecule has 1 aliphatic rings. The number of nitrogens with one attached hydrogen (secondary N) is 1. The van der Waals surface area contributed by atoms with Gasteiger partial charge in [-0.1, -0.05) is 28.4 Å². The predicted octanol–water partition coefficient (Wildman–Crippen LogP) is 1.97. The average molecular weight is 333 g/mol. The van der Waals surface area contributed by atoms with Crippen LogP contribution in [0.4, 0.5) is 10.5 Å². The number of amides is 2. The summed E-state index contributed by atoms with van der Waals surface area (Å²) in [5, 5.41) is 15.0. The van der Waals surface area contributed by atoms with Gasteiger partial charge in [0, 0.05) is 12.2 Å². The van der Waals surface area contributed by atoms with Gasteiger partial charge in [0.05, 0.1) is 23.2 Å². The molecule has 7 nitrogen and oxygen atoms in total. The van der Waals surface area contributed by atoms with Gasteiger partial charge in [0.1, 0.15) is 6.10 Å². The highest BCUT2D eigenvalue weighted by molar-refractivity contribution is 6.42. The molecule has 4 N–H and O–H groups in total. The van der Waals surface area contributed by atoms with Gasteiger partial charge >= 0.3 is 6.03 Å². The van der Waals surface area contributed by atoms with Crippen molar-refractivity contribution in [3.8, 4) is 0 Å². The molecule has 1 aromatic carbocycles. The van der Waals surface area contributed by atoms with E-state index in [0.29, 0.717) is 28.9 Å². The van der Waals surface area contributed by atoms with Crippen LogP contribution < -0.4 is 11.1 Å². The second-order valence-electron chi connectivity index (χ2n) is 4.39. The van der Waals surface area contributed by atoms with E-state index in [4.69, 9.17) is 38.9 Å². The van der Waals surface area contributed by atoms with Crippen molar-refractivity contribution in [2.24, 2.45) is 10.9 Å². The van der Waals surface area contributed by atoms with Crippen LogP contribution in [-0.4, -0.2) is 47.8 Å². The number of rotatable bonds is 2. The molecule has 1 atom stereocenters. The zero-order valence-corrected chi connectivity index (χ0v) is 12.4. The van der Waals surface area contributed by atoms with Gasteiger partial charge in [0.25, 0.3) is 0 Å². The zero-order chi connectivity index (χ0) is 15.4. The summed E-state index contributed by atoms with van der Waals surface area (Å²) in [6, 6.07) is 4.47. The van der Waals surface area contributed by atoms with Crippen LogP contribution in [0.3, 0.4) is 0 Å². The number of amidine groups is 1. The molecule has 0 aliphatic carbocycles. The van der Waals surface area contributed by atoms with E-state index < -0.39 is 6.10 Å². The van der Waals surface area contributed by atoms with Crippen molar-refractivity contribution in [1.29, 1.82) is 0 Å². The van der Waals surface area contributed by atoms with Crippen molar-refractivity contribution in [3.63, 3.8) is 0 Å². The van der Waals surface area contributed by atoms with E-state index in [-0.39, 0.29) is 18.4 Å². The first-order valence-electron chi connectivity index (χ1n) is 6.11. The Morgan fingerprint density at radius 3 is 2.90 bits per heavy atom. The Morgan fingerprint density at radius 1 is 1.48 bits per heavy atom. The van der Waals surface area contributed by atoms with Crippen LogP contribution in [0, 0.1) is 0 Å². The topological polar surface area (TPSA) is 100 Å². The van der Waals surface area contributed by atoms with E-state index in [1.807, 2.05) is 0 Å². The first-order chi connectivity index (χ1) is 10.0. The maximum absolute atomic E-state index is 12.2. The summed E-state index contributed by atoms with van der Waals surface area (Å²) >= 11 is 11.7. The molecule has 114 valence electrons. The number of benzene rings is 1. The van der Waals surface area contributed by atoms with Crippen molar-refractivity contribution in [2.75, 3.05) is 25.0 Å². The fraction of sp³-hybridized carbons (Fsp3) is 0.333. The fourth-order valence-corrected chi connectivity index (χ4v) is 2.15. The molecular weight excluding hydrogens is 319 g/mol. The molecule has 2 amide bonds. The van der Waals surface area contributed by atoms with Crippen molar-refractivity contribution < 1.29 is 14.7 Å². The zero-order valence-electron chi connectivity index (χ0n) is 10.9. The lowest BCUT2D eigenvalue weighted by Crippen LogP contribution is -2.51. The molecule has 21 heavy (non-hydrogen) atoms. The quantitative estimate of drug-likeness (QED) is 0.333. The lowest BCUT2D eigenvalue weighted by Gasteiger charge is -2.32. The molecule has 9 heteroatoms. The molecule has 1 saturated heterocycles. The van der Waals surface area contributed by atoms with Crippen LogP contribution in [0.1, 0.15) is 0 Å². The summed E-state index contributed by atoms with van der Waals surface area (Å²) < 4.78 is 5.32. The average Bonchev–Trinajstić information content (AvgIpc) is 2.50. The first kappa shape index (κ1) is 15.7. The number of halogens is 2. The number of urea groups is 1. The number of ether oxygens (including phenoxy) is 1. The molecule has 0 radical (unpaired) electrons. The number of morpholine rings is 1. The number of anilines is 1. The molecule has 0 spiro atoms. The van der Waals surface area contributed by atoms with Crippen LogP contribution in [-0.2, 0) is 4.74 Å². The lowest BCUT2D eigenvalue weighted by atomic mass is 10.2. The third-order valence-corrected chi connectivity index (χ3v) is 3.71. The molecule has 0 bridgehead atoms. The SMILES string of the molecule is NC(=NO)C1CN(C(=O)Nc2ccc(Cl)c(Cl)c2)CCO1. The van der Waals surface area contributed by atoms with E-state index in [2.05, 4.69) is 10.5 Å². The molecule has 1 fully saturated rings. The maximum atomic E-state index is 12.2. The minimum Gasteiger partial charge on any atom is -0.409 e. The Balaban J connectivity index is 2.01. The van der Waals surface area contributed by atoms with E-state index in [0.717, 1.165) is 0 Å². The molecule has 1 aromatic rings. The minimum atomic E-state index is -0.622. The van der Waals surface area contributed by atoms with Gasteiger partial charge in [-0.3, -0.25) is 0 Å². The summed E-state index contributed by atoms with van der Waals surface area (Å²) in [5.74, 6) is -0.0676. The number of oxime groups is 1. The van der Waals surface area contributed by atoms with E-state index in [1.165, 1.54) is 4.90 Å². The van der Waals surface area contributed by atoms with Crippen LogP contribution in [0.2, 0.25) is 10.0 Å². The van der Waals surface area contributed by atoms with Gasteiger partial charge < -0.3 is 25.9 Å². The number of hydrogen-bond acceptors (Lipinski definition) is 4. The van der Waals surface area contributed by atoms with Crippen LogP contribution >= 0.6 is 23.2 Å². The summed E-state index contributed by atoms with van der Waals surface area (Å²) in [5.41, 5.74) is 6.01. The van der Waals surface area contributed by atoms with E-state index in [1.54, 1.807) is 18.2 Å². The standard InChI is InChI=1S/C12H14Cl2N4O3/c13-8-2-1-7(5-9(8)14)16-12(19)18-3-4-21-10(6-18)11(15)17-20/h1-2,5,10,20H,3-4,6H2,(H2,15,17)(H,16,19). The van der Waals surface area contributed by atoms with Crippen molar-refractivity contribution in [3.05, 3.63) is 28.2 Å². The third-order valence-electron chi connectivity index (χ3n) is 2.97. The van der Waals surface area contributed by atoms with Gasteiger partial charge in [-0.2, -0.15) is 0 Å². The first-order valence-corrected chi connectivity index (χ1v) is 6.87. The molecule has 0 saturated carbocycles. The molecular formula is C12H14Cl2N4O3. The van der Waals surface area contributed by atoms with E-state index >= 15 is 0 Å². The molecule has 0 aromatic heterocycles. The Labute approximate surface area is 131 Å². The molecule has 2 rings (SSSR count). The highest BCUT2D eigenvalue weighted by Crippen LogP contribution is 2.25. The molecule has 1 heterocycles. The summed E-state index contributed by atoms with van der Waals surface area (Å²) in [7, 11) is 0. The third kappa shape index (κ3) is 3.90. The van der Waals surface area contributed by atoms with Gasteiger partial charge in [-0.25, -0.2) is 4.79 Å². The summed E-state index contributed by atoms with van der Waals surface area (Å²) in [4.78, 5) is 13.7. The molecule has 1 unspecified atom stereocenters. The van der Waals surface area contributed by atoms with Crippen molar-refractivity contribution in [1.82, 2.24) is 4.90 Å². The Hall–Kier alpha value is -1.70. The van der Waals surface area contributed by atoms with Crippen molar-refractivity contribution in [2.45, 2.75) is 6.10 Å². The second kappa shape index (κ2) is 6.84. The van der Waals surface area contributed by atoms with Gasteiger partial charge in [-0.15, -0.1) is 0 Å².